The summed E-state index contributed by atoms with van der Waals surface area (Å²) in [5.74, 6) is 1.00. The second-order valence-corrected chi connectivity index (χ2v) is 9.29. The number of halogens is 1. The Bertz CT molecular complexity index is 1400. The summed E-state index contributed by atoms with van der Waals surface area (Å²) in [6.07, 6.45) is 1.48. The fraction of sp³-hybridized carbons (Fsp3) is 0.296. The number of ether oxygens (including phenoxy) is 2. The molecule has 36 heavy (non-hydrogen) atoms. The van der Waals surface area contributed by atoms with Crippen molar-refractivity contribution in [1.82, 2.24) is 14.5 Å². The van der Waals surface area contributed by atoms with E-state index in [-0.39, 0.29) is 11.5 Å². The summed E-state index contributed by atoms with van der Waals surface area (Å²) in [5, 5.41) is 14.5. The van der Waals surface area contributed by atoms with Gasteiger partial charge in [0.1, 0.15) is 29.2 Å². The number of hydrogen-bond donors (Lipinski definition) is 2. The third-order valence-corrected chi connectivity index (χ3v) is 6.09. The second-order valence-electron chi connectivity index (χ2n) is 8.89. The van der Waals surface area contributed by atoms with E-state index in [2.05, 4.69) is 25.9 Å². The maximum atomic E-state index is 11.6. The first-order valence-corrected chi connectivity index (χ1v) is 12.0. The van der Waals surface area contributed by atoms with E-state index in [9.17, 15) is 9.90 Å². The molecule has 2 N–H and O–H groups in total. The Balaban J connectivity index is 1.52. The van der Waals surface area contributed by atoms with Crippen LogP contribution in [0.2, 0.25) is 5.02 Å². The van der Waals surface area contributed by atoms with Crippen molar-refractivity contribution in [3.8, 4) is 22.8 Å². The largest absolute Gasteiger partial charge is 0.496 e. The Morgan fingerprint density at radius 1 is 1.14 bits per heavy atom. The van der Waals surface area contributed by atoms with Gasteiger partial charge in [0.2, 0.25) is 0 Å². The molecule has 0 unspecified atom stereocenters. The molecule has 0 amide bonds. The van der Waals surface area contributed by atoms with E-state index in [1.165, 1.54) is 6.33 Å². The van der Waals surface area contributed by atoms with Crippen LogP contribution in [0.4, 0.5) is 5.82 Å². The van der Waals surface area contributed by atoms with E-state index in [4.69, 9.17) is 21.1 Å². The molecule has 0 atom stereocenters. The van der Waals surface area contributed by atoms with Crippen molar-refractivity contribution in [2.45, 2.75) is 27.3 Å². The van der Waals surface area contributed by atoms with E-state index in [0.717, 1.165) is 27.9 Å². The average molecular weight is 509 g/mol. The topological polar surface area (TPSA) is 98.5 Å². The number of fused-ring (bicyclic) bond motifs is 1. The monoisotopic (exact) mass is 508 g/mol. The van der Waals surface area contributed by atoms with Crippen LogP contribution in [0.15, 0.2) is 48.8 Å². The van der Waals surface area contributed by atoms with Gasteiger partial charge in [-0.1, -0.05) is 31.5 Å². The van der Waals surface area contributed by atoms with Crippen molar-refractivity contribution in [3.63, 3.8) is 0 Å². The van der Waals surface area contributed by atoms with Gasteiger partial charge in [-0.15, -0.1) is 0 Å². The Kier molecular flexibility index (Phi) is 7.64. The van der Waals surface area contributed by atoms with Gasteiger partial charge in [0.15, 0.2) is 0 Å². The minimum atomic E-state index is -1.03. The lowest BCUT2D eigenvalue weighted by Crippen LogP contribution is -2.12. The van der Waals surface area contributed by atoms with Gasteiger partial charge in [0.25, 0.3) is 0 Å². The number of carboxylic acids is 1. The van der Waals surface area contributed by atoms with Crippen LogP contribution in [0.1, 0.15) is 29.9 Å². The molecule has 0 saturated carbocycles. The highest BCUT2D eigenvalue weighted by molar-refractivity contribution is 6.35. The van der Waals surface area contributed by atoms with E-state index >= 15 is 0 Å². The molecule has 188 valence electrons. The highest BCUT2D eigenvalue weighted by Gasteiger charge is 2.15. The van der Waals surface area contributed by atoms with Gasteiger partial charge >= 0.3 is 5.97 Å². The van der Waals surface area contributed by atoms with Crippen molar-refractivity contribution in [2.75, 3.05) is 25.6 Å². The summed E-state index contributed by atoms with van der Waals surface area (Å²) >= 11 is 6.51. The smallest absolute Gasteiger partial charge is 0.339 e. The summed E-state index contributed by atoms with van der Waals surface area (Å²) in [4.78, 5) is 20.3. The van der Waals surface area contributed by atoms with Crippen LogP contribution >= 0.6 is 11.6 Å². The molecule has 9 heteroatoms. The summed E-state index contributed by atoms with van der Waals surface area (Å²) in [6.45, 7) is 7.75. The number of anilines is 1. The third-order valence-electron chi connectivity index (χ3n) is 5.79. The van der Waals surface area contributed by atoms with Gasteiger partial charge in [0.05, 0.1) is 29.9 Å². The second kappa shape index (κ2) is 10.9. The molecule has 4 rings (SSSR count). The molecule has 0 aliphatic carbocycles. The Morgan fingerprint density at radius 2 is 1.94 bits per heavy atom. The predicted octanol–water partition coefficient (Wildman–Crippen LogP) is 5.91. The van der Waals surface area contributed by atoms with E-state index in [0.29, 0.717) is 42.0 Å². The highest BCUT2D eigenvalue weighted by Crippen LogP contribution is 2.34. The molecular formula is C27H29ClN4O4. The molecule has 0 fully saturated rings. The van der Waals surface area contributed by atoms with Crippen molar-refractivity contribution < 1.29 is 19.4 Å². The molecule has 2 heterocycles. The number of aromatic carboxylic acids is 1. The zero-order valence-electron chi connectivity index (χ0n) is 20.7. The number of methoxy groups -OCH3 is 1. The minimum absolute atomic E-state index is 0.122. The summed E-state index contributed by atoms with van der Waals surface area (Å²) in [5.41, 5.74) is 3.54. The summed E-state index contributed by atoms with van der Waals surface area (Å²) < 4.78 is 13.4. The molecule has 0 radical (unpaired) electrons. The van der Waals surface area contributed by atoms with Crippen LogP contribution in [0.25, 0.3) is 22.2 Å². The first-order chi connectivity index (χ1) is 17.3. The highest BCUT2D eigenvalue weighted by atomic mass is 35.5. The number of aryl methyl sites for hydroxylation is 1. The zero-order chi connectivity index (χ0) is 25.8. The predicted molar refractivity (Wildman–Crippen MR) is 141 cm³/mol. The number of nitrogens with one attached hydrogen (secondary N) is 1. The van der Waals surface area contributed by atoms with E-state index < -0.39 is 5.97 Å². The van der Waals surface area contributed by atoms with Crippen molar-refractivity contribution in [3.05, 3.63) is 65.1 Å². The summed E-state index contributed by atoms with van der Waals surface area (Å²) in [6, 6.07) is 12.6. The molecular weight excluding hydrogens is 480 g/mol. The van der Waals surface area contributed by atoms with Crippen LogP contribution in [0, 0.1) is 12.8 Å². The normalized spacial score (nSPS) is 11.2. The van der Waals surface area contributed by atoms with Crippen molar-refractivity contribution >= 4 is 34.3 Å². The lowest BCUT2D eigenvalue weighted by Gasteiger charge is -2.13. The Hall–Kier alpha value is -3.78. The fourth-order valence-corrected chi connectivity index (χ4v) is 4.31. The molecule has 2 aromatic carbocycles. The first-order valence-electron chi connectivity index (χ1n) is 11.7. The van der Waals surface area contributed by atoms with Crippen molar-refractivity contribution in [2.24, 2.45) is 5.92 Å². The molecule has 2 aromatic heterocycles. The molecule has 0 saturated heterocycles. The minimum Gasteiger partial charge on any atom is -0.496 e. The number of carboxylic acid groups (broad SMARTS) is 1. The number of carbonyl (C=O) groups is 1. The Labute approximate surface area is 214 Å². The molecule has 0 aliphatic heterocycles. The maximum absolute atomic E-state index is 11.6. The van der Waals surface area contributed by atoms with Gasteiger partial charge in [-0.05, 0) is 43.2 Å². The van der Waals surface area contributed by atoms with E-state index in [1.807, 2.05) is 39.0 Å². The molecule has 0 spiro atoms. The van der Waals surface area contributed by atoms with E-state index in [1.54, 1.807) is 25.3 Å². The van der Waals surface area contributed by atoms with Gasteiger partial charge < -0.3 is 24.5 Å². The zero-order valence-corrected chi connectivity index (χ0v) is 21.5. The van der Waals surface area contributed by atoms with Gasteiger partial charge in [0, 0.05) is 35.8 Å². The lowest BCUT2D eigenvalue weighted by atomic mass is 10.1. The van der Waals surface area contributed by atoms with Gasteiger partial charge in [-0.25, -0.2) is 14.8 Å². The van der Waals surface area contributed by atoms with Crippen LogP contribution in [-0.2, 0) is 6.54 Å². The van der Waals surface area contributed by atoms with Crippen LogP contribution < -0.4 is 14.8 Å². The Morgan fingerprint density at radius 3 is 2.67 bits per heavy atom. The quantitative estimate of drug-likeness (QED) is 0.274. The van der Waals surface area contributed by atoms with Crippen LogP contribution in [0.5, 0.6) is 11.5 Å². The fourth-order valence-electron chi connectivity index (χ4n) is 4.05. The SMILES string of the molecule is COc1ccc(Cl)c2c1cc(C)n2CCNc1cc(-c2ccc(C(=O)O)c(OCC(C)C)c2)ncn1. The molecule has 4 aromatic rings. The van der Waals surface area contributed by atoms with Crippen molar-refractivity contribution in [1.29, 1.82) is 0 Å². The van der Waals surface area contributed by atoms with Gasteiger partial charge in [-0.3, -0.25) is 0 Å². The standard InChI is InChI=1S/C27H29ClN4O4/c1-16(2)14-36-24-12-18(5-6-19(24)27(33)34)22-13-25(31-15-30-22)29-9-10-32-17(3)11-20-23(35-4)8-7-21(28)26(20)32/h5-8,11-13,15-16H,9-10,14H2,1-4H3,(H,33,34)(H,29,30,31). The van der Waals surface area contributed by atoms with Gasteiger partial charge in [-0.2, -0.15) is 0 Å². The number of hydrogen-bond acceptors (Lipinski definition) is 6. The van der Waals surface area contributed by atoms with Crippen LogP contribution in [-0.4, -0.2) is 45.9 Å². The number of benzene rings is 2. The molecule has 0 aliphatic rings. The maximum Gasteiger partial charge on any atom is 0.339 e. The lowest BCUT2D eigenvalue weighted by molar-refractivity contribution is 0.0691. The number of aromatic nitrogens is 3. The average Bonchev–Trinajstić information content (AvgIpc) is 3.19. The molecule has 0 bridgehead atoms. The number of nitrogens with zero attached hydrogens (tertiary/aromatic N) is 3. The van der Waals surface area contributed by atoms with Crippen LogP contribution in [0.3, 0.4) is 0 Å². The third kappa shape index (κ3) is 5.39. The summed E-state index contributed by atoms with van der Waals surface area (Å²) in [7, 11) is 1.65. The molecule has 8 nitrogen and oxygen atoms in total. The first kappa shape index (κ1) is 25.3. The number of rotatable bonds is 10.